The lowest BCUT2D eigenvalue weighted by molar-refractivity contribution is -0.122. The van der Waals surface area contributed by atoms with Crippen molar-refractivity contribution in [1.82, 2.24) is 20.6 Å². The number of amides is 3. The van der Waals surface area contributed by atoms with Gasteiger partial charge in [0.1, 0.15) is 12.1 Å². The molecule has 10 nitrogen and oxygen atoms in total. The van der Waals surface area contributed by atoms with Crippen LogP contribution >= 0.6 is 0 Å². The van der Waals surface area contributed by atoms with E-state index >= 15 is 0 Å². The number of urea groups is 1. The van der Waals surface area contributed by atoms with Gasteiger partial charge in [-0.2, -0.15) is 0 Å². The third-order valence-corrected chi connectivity index (χ3v) is 8.09. The van der Waals surface area contributed by atoms with Crippen LogP contribution in [0.15, 0.2) is 42.7 Å². The zero-order valence-electron chi connectivity index (χ0n) is 23.8. The first-order chi connectivity index (χ1) is 20.0. The summed E-state index contributed by atoms with van der Waals surface area (Å²) in [5.74, 6) is 2.88. The molecule has 41 heavy (non-hydrogen) atoms. The molecule has 1 heterocycles. The summed E-state index contributed by atoms with van der Waals surface area (Å²) in [6, 6.07) is 10.7. The third-order valence-electron chi connectivity index (χ3n) is 8.09. The normalized spacial score (nSPS) is 19.0. The number of aromatic nitrogens is 2. The summed E-state index contributed by atoms with van der Waals surface area (Å²) in [6.07, 6.45) is 11.6. The van der Waals surface area contributed by atoms with Gasteiger partial charge in [-0.3, -0.25) is 4.79 Å². The average molecular weight is 562 g/mol. The van der Waals surface area contributed by atoms with Crippen molar-refractivity contribution < 1.29 is 23.8 Å². The predicted molar refractivity (Wildman–Crippen MR) is 157 cm³/mol. The molecule has 0 atom stereocenters. The van der Waals surface area contributed by atoms with Crippen LogP contribution in [0, 0.1) is 5.92 Å². The van der Waals surface area contributed by atoms with E-state index in [4.69, 9.17) is 14.2 Å². The van der Waals surface area contributed by atoms with Crippen LogP contribution in [-0.2, 0) is 4.79 Å². The molecule has 0 spiro atoms. The Morgan fingerprint density at radius 2 is 1.59 bits per heavy atom. The fourth-order valence-electron chi connectivity index (χ4n) is 5.86. The van der Waals surface area contributed by atoms with Gasteiger partial charge in [-0.25, -0.2) is 14.8 Å². The zero-order chi connectivity index (χ0) is 28.6. The van der Waals surface area contributed by atoms with Crippen LogP contribution in [0.4, 0.5) is 10.5 Å². The van der Waals surface area contributed by atoms with Crippen molar-refractivity contribution in [2.75, 3.05) is 19.5 Å². The van der Waals surface area contributed by atoms with E-state index in [2.05, 4.69) is 25.9 Å². The second kappa shape index (κ2) is 13.5. The summed E-state index contributed by atoms with van der Waals surface area (Å²) in [5.41, 5.74) is 1.25. The van der Waals surface area contributed by atoms with E-state index in [1.165, 1.54) is 32.0 Å². The first kappa shape index (κ1) is 28.4. The maximum absolute atomic E-state index is 12.7. The Hall–Kier alpha value is -4.08. The van der Waals surface area contributed by atoms with E-state index < -0.39 is 0 Å². The summed E-state index contributed by atoms with van der Waals surface area (Å²) in [7, 11) is 3.14. The number of nitrogens with one attached hydrogen (secondary N) is 3. The van der Waals surface area contributed by atoms with Crippen molar-refractivity contribution in [2.45, 2.75) is 76.3 Å². The van der Waals surface area contributed by atoms with Crippen LogP contribution in [-0.4, -0.2) is 48.2 Å². The average Bonchev–Trinajstić information content (AvgIpc) is 3.51. The van der Waals surface area contributed by atoms with Crippen LogP contribution in [0.5, 0.6) is 23.1 Å². The van der Waals surface area contributed by atoms with Gasteiger partial charge >= 0.3 is 6.03 Å². The Balaban J connectivity index is 1.11. The van der Waals surface area contributed by atoms with Crippen LogP contribution in [0.1, 0.15) is 64.2 Å². The van der Waals surface area contributed by atoms with Crippen molar-refractivity contribution in [3.63, 3.8) is 0 Å². The molecule has 1 aromatic heterocycles. The summed E-state index contributed by atoms with van der Waals surface area (Å²) >= 11 is 0. The highest BCUT2D eigenvalue weighted by molar-refractivity contribution is 5.90. The van der Waals surface area contributed by atoms with Crippen molar-refractivity contribution in [3.8, 4) is 23.1 Å². The first-order valence-electron chi connectivity index (χ1n) is 14.5. The van der Waals surface area contributed by atoms with Crippen LogP contribution in [0.25, 0.3) is 10.9 Å². The maximum Gasteiger partial charge on any atom is 0.319 e. The SMILES string of the molecule is COc1cc2ncnc(Oc3cccc(NC(=O)NC4CCC(NC(=O)CCC5CCCC5)CC4)c3)c2cc1OC. The molecule has 10 heteroatoms. The van der Waals surface area contributed by atoms with Crippen LogP contribution in [0.2, 0.25) is 0 Å². The second-order valence-electron chi connectivity index (χ2n) is 10.9. The molecule has 3 aromatic rings. The third kappa shape index (κ3) is 7.56. The molecular weight excluding hydrogens is 522 g/mol. The molecule has 0 radical (unpaired) electrons. The Bertz CT molecular complexity index is 1350. The van der Waals surface area contributed by atoms with Crippen LogP contribution < -0.4 is 30.2 Å². The molecule has 0 aliphatic heterocycles. The Labute approximate surface area is 240 Å². The number of rotatable bonds is 10. The highest BCUT2D eigenvalue weighted by atomic mass is 16.5. The molecule has 5 rings (SSSR count). The van der Waals surface area contributed by atoms with E-state index in [0.29, 0.717) is 46.1 Å². The molecular formula is C31H39N5O5. The highest BCUT2D eigenvalue weighted by Crippen LogP contribution is 2.36. The summed E-state index contributed by atoms with van der Waals surface area (Å²) < 4.78 is 16.9. The number of ether oxygens (including phenoxy) is 3. The summed E-state index contributed by atoms with van der Waals surface area (Å²) in [6.45, 7) is 0. The molecule has 0 saturated heterocycles. The van der Waals surface area contributed by atoms with Gasteiger partial charge in [0.2, 0.25) is 11.8 Å². The Morgan fingerprint density at radius 3 is 2.32 bits per heavy atom. The largest absolute Gasteiger partial charge is 0.493 e. The Morgan fingerprint density at radius 1 is 0.878 bits per heavy atom. The molecule has 2 aliphatic carbocycles. The number of methoxy groups -OCH3 is 2. The highest BCUT2D eigenvalue weighted by Gasteiger charge is 2.24. The minimum absolute atomic E-state index is 0.0698. The van der Waals surface area contributed by atoms with Gasteiger partial charge in [0.15, 0.2) is 11.5 Å². The standard InChI is InChI=1S/C31H39N5O5/c1-39-27-17-25-26(18-28(27)40-2)32-19-33-30(25)41-24-9-5-8-23(16-24)36-31(38)35-22-13-11-21(12-14-22)34-29(37)15-10-20-6-3-4-7-20/h5,8-9,16-22H,3-4,6-7,10-15H2,1-2H3,(H,34,37)(H2,35,36,38). The zero-order valence-corrected chi connectivity index (χ0v) is 23.8. The van der Waals surface area contributed by atoms with Crippen LogP contribution in [0.3, 0.4) is 0 Å². The van der Waals surface area contributed by atoms with E-state index in [1.54, 1.807) is 50.6 Å². The molecule has 2 saturated carbocycles. The van der Waals surface area contributed by atoms with Gasteiger partial charge in [-0.1, -0.05) is 31.7 Å². The van der Waals surface area contributed by atoms with Gasteiger partial charge in [0.05, 0.1) is 25.1 Å². The maximum atomic E-state index is 12.7. The first-order valence-corrected chi connectivity index (χ1v) is 14.5. The van der Waals surface area contributed by atoms with Crippen molar-refractivity contribution in [2.24, 2.45) is 5.92 Å². The lowest BCUT2D eigenvalue weighted by Gasteiger charge is -2.29. The predicted octanol–water partition coefficient (Wildman–Crippen LogP) is 5.96. The molecule has 2 fully saturated rings. The topological polar surface area (TPSA) is 124 Å². The number of benzene rings is 2. The molecule has 2 aliphatic rings. The number of carbonyl (C=O) groups is 2. The number of fused-ring (bicyclic) bond motifs is 1. The number of hydrogen-bond donors (Lipinski definition) is 3. The number of nitrogens with zero attached hydrogens (tertiary/aromatic N) is 2. The smallest absolute Gasteiger partial charge is 0.319 e. The Kier molecular flexibility index (Phi) is 9.38. The van der Waals surface area contributed by atoms with Gasteiger partial charge in [-0.05, 0) is 56.2 Å². The lowest BCUT2D eigenvalue weighted by atomic mass is 9.91. The van der Waals surface area contributed by atoms with Crippen molar-refractivity contribution in [1.29, 1.82) is 0 Å². The summed E-state index contributed by atoms with van der Waals surface area (Å²) in [5, 5.41) is 9.84. The second-order valence-corrected chi connectivity index (χ2v) is 10.9. The summed E-state index contributed by atoms with van der Waals surface area (Å²) in [4.78, 5) is 33.7. The number of hydrogen-bond acceptors (Lipinski definition) is 7. The minimum Gasteiger partial charge on any atom is -0.493 e. The number of anilines is 1. The minimum atomic E-state index is -0.268. The van der Waals surface area contributed by atoms with Gasteiger partial charge in [0.25, 0.3) is 0 Å². The molecule has 3 amide bonds. The van der Waals surface area contributed by atoms with E-state index in [-0.39, 0.29) is 24.0 Å². The van der Waals surface area contributed by atoms with Gasteiger partial charge in [-0.15, -0.1) is 0 Å². The van der Waals surface area contributed by atoms with Gasteiger partial charge < -0.3 is 30.2 Å². The molecule has 3 N–H and O–H groups in total. The molecule has 0 bridgehead atoms. The number of carbonyl (C=O) groups excluding carboxylic acids is 2. The quantitative estimate of drug-likeness (QED) is 0.279. The van der Waals surface area contributed by atoms with Gasteiger partial charge in [0, 0.05) is 36.3 Å². The van der Waals surface area contributed by atoms with Crippen molar-refractivity contribution >= 4 is 28.5 Å². The molecule has 0 unspecified atom stereocenters. The molecule has 218 valence electrons. The fourth-order valence-corrected chi connectivity index (χ4v) is 5.86. The van der Waals surface area contributed by atoms with Crippen molar-refractivity contribution in [3.05, 3.63) is 42.7 Å². The molecule has 2 aromatic carbocycles. The lowest BCUT2D eigenvalue weighted by Crippen LogP contribution is -2.44. The fraction of sp³-hybridized carbons (Fsp3) is 0.484. The van der Waals surface area contributed by atoms with E-state index in [0.717, 1.165) is 38.0 Å². The van der Waals surface area contributed by atoms with E-state index in [1.807, 2.05) is 0 Å². The monoisotopic (exact) mass is 561 g/mol. The van der Waals surface area contributed by atoms with E-state index in [9.17, 15) is 9.59 Å².